The van der Waals surface area contributed by atoms with Crippen LogP contribution in [-0.4, -0.2) is 27.2 Å². The van der Waals surface area contributed by atoms with Gasteiger partial charge < -0.3 is 20.2 Å². The minimum atomic E-state index is -0.0319. The first-order valence-corrected chi connectivity index (χ1v) is 6.37. The Kier molecular flexibility index (Phi) is 4.47. The maximum Gasteiger partial charge on any atom is 0.171 e. The number of aryl methyl sites for hydroxylation is 1. The van der Waals surface area contributed by atoms with Gasteiger partial charge in [0.15, 0.2) is 5.84 Å². The van der Waals surface area contributed by atoms with Gasteiger partial charge >= 0.3 is 0 Å². The molecule has 3 N–H and O–H groups in total. The Morgan fingerprint density at radius 3 is 2.95 bits per heavy atom. The Balaban J connectivity index is 1.97. The van der Waals surface area contributed by atoms with Gasteiger partial charge in [-0.15, -0.1) is 0 Å². The van der Waals surface area contributed by atoms with E-state index in [1.54, 1.807) is 24.4 Å². The smallest absolute Gasteiger partial charge is 0.171 e. The Hall–Kier alpha value is -2.21. The van der Waals surface area contributed by atoms with E-state index in [2.05, 4.69) is 10.1 Å². The molecule has 7 heteroatoms. The fourth-order valence-electron chi connectivity index (χ4n) is 1.75. The quantitative estimate of drug-likeness (QED) is 0.382. The number of hydrogen-bond donors (Lipinski definition) is 2. The zero-order valence-electron chi connectivity index (χ0n) is 11.0. The number of rotatable bonds is 5. The second kappa shape index (κ2) is 6.29. The molecule has 0 unspecified atom stereocenters. The molecule has 2 aromatic rings. The third-order valence-electron chi connectivity index (χ3n) is 2.85. The van der Waals surface area contributed by atoms with Gasteiger partial charge in [-0.3, -0.25) is 0 Å². The number of halogens is 1. The molecule has 0 atom stereocenters. The molecule has 0 aliphatic carbocycles. The monoisotopic (exact) mass is 294 g/mol. The van der Waals surface area contributed by atoms with Crippen molar-refractivity contribution in [3.8, 4) is 5.75 Å². The number of ether oxygens (including phenoxy) is 1. The van der Waals surface area contributed by atoms with Crippen LogP contribution in [-0.2, 0) is 6.54 Å². The first-order chi connectivity index (χ1) is 9.61. The molecule has 1 aromatic carbocycles. The van der Waals surface area contributed by atoms with Gasteiger partial charge in [-0.25, -0.2) is 4.98 Å². The third kappa shape index (κ3) is 3.21. The third-order valence-corrected chi connectivity index (χ3v) is 3.16. The van der Waals surface area contributed by atoms with Crippen LogP contribution in [0.3, 0.4) is 0 Å². The zero-order chi connectivity index (χ0) is 14.5. The average molecular weight is 295 g/mol. The molecule has 0 radical (unpaired) electrons. The average Bonchev–Trinajstić information content (AvgIpc) is 2.84. The highest BCUT2D eigenvalue weighted by atomic mass is 35.5. The second-order valence-corrected chi connectivity index (χ2v) is 4.55. The van der Waals surface area contributed by atoms with Gasteiger partial charge in [0.25, 0.3) is 0 Å². The summed E-state index contributed by atoms with van der Waals surface area (Å²) in [5.41, 5.74) is 5.96. The van der Waals surface area contributed by atoms with Crippen molar-refractivity contribution in [1.29, 1.82) is 0 Å². The Bertz CT molecular complexity index is 625. The molecule has 6 nitrogen and oxygen atoms in total. The lowest BCUT2D eigenvalue weighted by Gasteiger charge is -2.09. The van der Waals surface area contributed by atoms with E-state index < -0.39 is 0 Å². The Labute approximate surface area is 121 Å². The van der Waals surface area contributed by atoms with E-state index in [1.807, 2.05) is 17.7 Å². The largest absolute Gasteiger partial charge is 0.492 e. The van der Waals surface area contributed by atoms with Gasteiger partial charge in [0, 0.05) is 18.0 Å². The lowest BCUT2D eigenvalue weighted by atomic mass is 10.2. The predicted octanol–water partition coefficient (Wildman–Crippen LogP) is 2.02. The molecule has 0 saturated carbocycles. The number of hydrogen-bond acceptors (Lipinski definition) is 4. The van der Waals surface area contributed by atoms with Crippen LogP contribution in [0.2, 0.25) is 5.02 Å². The van der Waals surface area contributed by atoms with E-state index in [0.29, 0.717) is 29.5 Å². The molecule has 0 saturated heterocycles. The van der Waals surface area contributed by atoms with Crippen LogP contribution in [0.1, 0.15) is 11.4 Å². The molecular formula is C13H15ClN4O2. The van der Waals surface area contributed by atoms with E-state index in [1.165, 1.54) is 0 Å². The van der Waals surface area contributed by atoms with Crippen LogP contribution in [0.15, 0.2) is 35.7 Å². The maximum atomic E-state index is 8.62. The van der Waals surface area contributed by atoms with Crippen LogP contribution in [0.25, 0.3) is 0 Å². The molecule has 0 amide bonds. The highest BCUT2D eigenvalue weighted by molar-refractivity contribution is 6.34. The SMILES string of the molecule is Cc1nccn1CCOc1ccc(/C(N)=N/O)c(Cl)c1. The van der Waals surface area contributed by atoms with Crippen molar-refractivity contribution in [1.82, 2.24) is 9.55 Å². The minimum Gasteiger partial charge on any atom is -0.492 e. The van der Waals surface area contributed by atoms with Crippen molar-refractivity contribution in [2.24, 2.45) is 10.9 Å². The summed E-state index contributed by atoms with van der Waals surface area (Å²) in [7, 11) is 0. The molecule has 1 aromatic heterocycles. The van der Waals surface area contributed by atoms with Crippen molar-refractivity contribution >= 4 is 17.4 Å². The standard InChI is InChI=1S/C13H15ClN4O2/c1-9-16-4-5-18(9)6-7-20-10-2-3-11(12(14)8-10)13(15)17-19/h2-5,8,19H,6-7H2,1H3,(H2,15,17). The number of aromatic nitrogens is 2. The highest BCUT2D eigenvalue weighted by Crippen LogP contribution is 2.22. The Morgan fingerprint density at radius 2 is 2.35 bits per heavy atom. The molecule has 2 rings (SSSR count). The number of benzene rings is 1. The van der Waals surface area contributed by atoms with Crippen molar-refractivity contribution < 1.29 is 9.94 Å². The van der Waals surface area contributed by atoms with Crippen molar-refractivity contribution in [2.75, 3.05) is 6.61 Å². The lowest BCUT2D eigenvalue weighted by Crippen LogP contribution is -2.14. The van der Waals surface area contributed by atoms with E-state index in [4.69, 9.17) is 27.3 Å². The van der Waals surface area contributed by atoms with E-state index in [9.17, 15) is 0 Å². The molecule has 0 spiro atoms. The lowest BCUT2D eigenvalue weighted by molar-refractivity contribution is 0.297. The first kappa shape index (κ1) is 14.2. The summed E-state index contributed by atoms with van der Waals surface area (Å²) in [6.45, 7) is 3.13. The van der Waals surface area contributed by atoms with Gasteiger partial charge in [-0.05, 0) is 25.1 Å². The second-order valence-electron chi connectivity index (χ2n) is 4.14. The first-order valence-electron chi connectivity index (χ1n) is 6.00. The molecule has 0 fully saturated rings. The summed E-state index contributed by atoms with van der Waals surface area (Å²) >= 11 is 6.04. The minimum absolute atomic E-state index is 0.0319. The topological polar surface area (TPSA) is 85.7 Å². The number of nitrogens with zero attached hydrogens (tertiary/aromatic N) is 3. The van der Waals surface area contributed by atoms with Gasteiger partial charge in [-0.2, -0.15) is 0 Å². The zero-order valence-corrected chi connectivity index (χ0v) is 11.7. The normalized spacial score (nSPS) is 11.6. The van der Waals surface area contributed by atoms with Gasteiger partial charge in [0.05, 0.1) is 11.6 Å². The number of amidine groups is 1. The maximum absolute atomic E-state index is 8.62. The van der Waals surface area contributed by atoms with Crippen LogP contribution < -0.4 is 10.5 Å². The van der Waals surface area contributed by atoms with Gasteiger partial charge in [0.1, 0.15) is 18.2 Å². The van der Waals surface area contributed by atoms with E-state index in [0.717, 1.165) is 5.82 Å². The fraction of sp³-hybridized carbons (Fsp3) is 0.231. The summed E-state index contributed by atoms with van der Waals surface area (Å²) in [4.78, 5) is 4.13. The molecule has 1 heterocycles. The van der Waals surface area contributed by atoms with Crippen molar-refractivity contribution in [3.63, 3.8) is 0 Å². The molecule has 0 aliphatic heterocycles. The van der Waals surface area contributed by atoms with Crippen molar-refractivity contribution in [2.45, 2.75) is 13.5 Å². The molecule has 106 valence electrons. The Morgan fingerprint density at radius 1 is 1.55 bits per heavy atom. The fourth-order valence-corrected chi connectivity index (χ4v) is 2.02. The van der Waals surface area contributed by atoms with Crippen LogP contribution in [0.4, 0.5) is 0 Å². The highest BCUT2D eigenvalue weighted by Gasteiger charge is 2.07. The van der Waals surface area contributed by atoms with E-state index in [-0.39, 0.29) is 5.84 Å². The predicted molar refractivity (Wildman–Crippen MR) is 76.4 cm³/mol. The van der Waals surface area contributed by atoms with Gasteiger partial charge in [-0.1, -0.05) is 16.8 Å². The summed E-state index contributed by atoms with van der Waals surface area (Å²) in [5, 5.41) is 11.9. The van der Waals surface area contributed by atoms with Crippen molar-refractivity contribution in [3.05, 3.63) is 47.0 Å². The summed E-state index contributed by atoms with van der Waals surface area (Å²) in [6, 6.07) is 5.00. The molecule has 0 aliphatic rings. The van der Waals surface area contributed by atoms with Crippen LogP contribution in [0, 0.1) is 6.92 Å². The number of oxime groups is 1. The summed E-state index contributed by atoms with van der Waals surface area (Å²) in [6.07, 6.45) is 3.64. The molecule has 20 heavy (non-hydrogen) atoms. The molecule has 0 bridgehead atoms. The van der Waals surface area contributed by atoms with Crippen LogP contribution >= 0.6 is 11.6 Å². The summed E-state index contributed by atoms with van der Waals surface area (Å²) in [5.74, 6) is 1.53. The molecular weight excluding hydrogens is 280 g/mol. The van der Waals surface area contributed by atoms with E-state index >= 15 is 0 Å². The van der Waals surface area contributed by atoms with Crippen LogP contribution in [0.5, 0.6) is 5.75 Å². The number of nitrogens with two attached hydrogens (primary N) is 1. The van der Waals surface area contributed by atoms with Gasteiger partial charge in [0.2, 0.25) is 0 Å². The number of imidazole rings is 1. The summed E-state index contributed by atoms with van der Waals surface area (Å²) < 4.78 is 7.60.